The van der Waals surface area contributed by atoms with Crippen molar-refractivity contribution in [3.63, 3.8) is 0 Å². The van der Waals surface area contributed by atoms with Gasteiger partial charge in [0.2, 0.25) is 0 Å². The predicted molar refractivity (Wildman–Crippen MR) is 61.0 cm³/mol. The first-order valence-corrected chi connectivity index (χ1v) is 5.81. The van der Waals surface area contributed by atoms with Gasteiger partial charge in [0, 0.05) is 19.5 Å². The molecule has 1 aromatic carbocycles. The van der Waals surface area contributed by atoms with E-state index in [1.54, 1.807) is 0 Å². The Hall–Kier alpha value is -1.76. The van der Waals surface area contributed by atoms with E-state index in [9.17, 15) is 18.0 Å². The van der Waals surface area contributed by atoms with Crippen molar-refractivity contribution in [3.05, 3.63) is 35.4 Å². The number of carbonyl (C=O) groups excluding carboxylic acids is 1. The van der Waals surface area contributed by atoms with Gasteiger partial charge in [0.25, 0.3) is 0 Å². The summed E-state index contributed by atoms with van der Waals surface area (Å²) in [7, 11) is 0. The molecular formula is C12H13F3N2O2. The van der Waals surface area contributed by atoms with Gasteiger partial charge in [0.15, 0.2) is 0 Å². The number of nitrogens with zero attached hydrogens (tertiary/aromatic N) is 1. The van der Waals surface area contributed by atoms with Crippen LogP contribution in [0.5, 0.6) is 0 Å². The molecule has 0 radical (unpaired) electrons. The summed E-state index contributed by atoms with van der Waals surface area (Å²) in [5.74, 6) is 0. The molecule has 1 aromatic rings. The van der Waals surface area contributed by atoms with E-state index in [0.29, 0.717) is 18.7 Å². The normalized spacial score (nSPS) is 16.4. The van der Waals surface area contributed by atoms with Crippen molar-refractivity contribution in [2.45, 2.75) is 19.1 Å². The minimum atomic E-state index is -4.33. The lowest BCUT2D eigenvalue weighted by Gasteiger charge is -2.26. The number of hydrogen-bond acceptors (Lipinski definition) is 3. The molecule has 1 aliphatic rings. The number of alkyl halides is 3. The van der Waals surface area contributed by atoms with Gasteiger partial charge in [-0.3, -0.25) is 0 Å². The molecule has 0 unspecified atom stereocenters. The second-order valence-electron chi connectivity index (χ2n) is 4.15. The molecule has 2 rings (SSSR count). The van der Waals surface area contributed by atoms with Crippen molar-refractivity contribution in [3.8, 4) is 0 Å². The van der Waals surface area contributed by atoms with E-state index >= 15 is 0 Å². The van der Waals surface area contributed by atoms with Crippen LogP contribution in [0.3, 0.4) is 0 Å². The second kappa shape index (κ2) is 5.48. The third kappa shape index (κ3) is 3.60. The molecule has 0 aliphatic carbocycles. The summed E-state index contributed by atoms with van der Waals surface area (Å²) in [6.45, 7) is 1.20. The van der Waals surface area contributed by atoms with Gasteiger partial charge in [-0.1, -0.05) is 12.1 Å². The van der Waals surface area contributed by atoms with Gasteiger partial charge in [-0.15, -0.1) is 0 Å². The van der Waals surface area contributed by atoms with Gasteiger partial charge in [0.05, 0.1) is 12.2 Å². The molecule has 104 valence electrons. The molecule has 1 amide bonds. The van der Waals surface area contributed by atoms with Crippen LogP contribution in [0.1, 0.15) is 17.5 Å². The lowest BCUT2D eigenvalue weighted by molar-refractivity contribution is -0.137. The second-order valence-corrected chi connectivity index (χ2v) is 4.15. The Balaban J connectivity index is 1.91. The first-order valence-electron chi connectivity index (χ1n) is 5.81. The third-order valence-corrected chi connectivity index (χ3v) is 2.73. The molecule has 7 heteroatoms. The van der Waals surface area contributed by atoms with Crippen molar-refractivity contribution in [2.75, 3.05) is 13.2 Å². The Labute approximate surface area is 108 Å². The van der Waals surface area contributed by atoms with Gasteiger partial charge in [-0.25, -0.2) is 15.2 Å². The molecule has 4 nitrogen and oxygen atoms in total. The van der Waals surface area contributed by atoms with E-state index in [-0.39, 0.29) is 6.54 Å². The van der Waals surface area contributed by atoms with E-state index in [1.165, 1.54) is 17.1 Å². The molecule has 0 bridgehead atoms. The Morgan fingerprint density at radius 3 is 2.53 bits per heavy atom. The predicted octanol–water partition coefficient (Wildman–Crippen LogP) is 2.55. The van der Waals surface area contributed by atoms with Gasteiger partial charge in [0.1, 0.15) is 0 Å². The van der Waals surface area contributed by atoms with Crippen molar-refractivity contribution in [1.82, 2.24) is 10.4 Å². The number of cyclic esters (lactones) is 1. The number of rotatable bonds is 3. The number of carbonyl (C=O) groups is 1. The number of nitrogens with one attached hydrogen (secondary N) is 1. The highest BCUT2D eigenvalue weighted by atomic mass is 19.4. The Bertz CT molecular complexity index is 445. The number of halogens is 3. The Morgan fingerprint density at radius 2 is 1.95 bits per heavy atom. The summed E-state index contributed by atoms with van der Waals surface area (Å²) in [6, 6.07) is 4.80. The molecule has 0 spiro atoms. The van der Waals surface area contributed by atoms with Crippen LogP contribution >= 0.6 is 0 Å². The van der Waals surface area contributed by atoms with Crippen LogP contribution in [0.4, 0.5) is 18.0 Å². The highest BCUT2D eigenvalue weighted by molar-refractivity contribution is 5.67. The fourth-order valence-electron chi connectivity index (χ4n) is 1.69. The SMILES string of the molecule is O=C1OCCCN1NCc1ccc(C(F)(F)F)cc1. The summed E-state index contributed by atoms with van der Waals surface area (Å²) in [6.07, 6.45) is -4.06. The summed E-state index contributed by atoms with van der Waals surface area (Å²) in [5, 5.41) is 1.32. The molecule has 19 heavy (non-hydrogen) atoms. The molecule has 1 fully saturated rings. The standard InChI is InChI=1S/C12H13F3N2O2/c13-12(14,15)10-4-2-9(3-5-10)8-16-17-6-1-7-19-11(17)18/h2-5,16H,1,6-8H2. The van der Waals surface area contributed by atoms with Crippen LogP contribution in [-0.2, 0) is 17.5 Å². The third-order valence-electron chi connectivity index (χ3n) is 2.73. The molecular weight excluding hydrogens is 261 g/mol. The van der Waals surface area contributed by atoms with Crippen molar-refractivity contribution in [2.24, 2.45) is 0 Å². The summed E-state index contributed by atoms with van der Waals surface area (Å²) in [4.78, 5) is 11.3. The van der Waals surface area contributed by atoms with Crippen LogP contribution < -0.4 is 5.43 Å². The summed E-state index contributed by atoms with van der Waals surface area (Å²) >= 11 is 0. The molecule has 0 aromatic heterocycles. The van der Waals surface area contributed by atoms with Gasteiger partial charge in [-0.2, -0.15) is 13.2 Å². The smallest absolute Gasteiger partial charge is 0.424 e. The van der Waals surface area contributed by atoms with Crippen molar-refractivity contribution in [1.29, 1.82) is 0 Å². The van der Waals surface area contributed by atoms with E-state index in [1.807, 2.05) is 0 Å². The maximum Gasteiger partial charge on any atom is 0.424 e. The molecule has 1 heterocycles. The maximum atomic E-state index is 12.4. The average molecular weight is 274 g/mol. The number of amides is 1. The van der Waals surface area contributed by atoms with Crippen molar-refractivity contribution < 1.29 is 22.7 Å². The molecule has 0 atom stereocenters. The van der Waals surface area contributed by atoms with E-state index < -0.39 is 17.8 Å². The Kier molecular flexibility index (Phi) is 3.94. The largest absolute Gasteiger partial charge is 0.448 e. The molecule has 0 saturated carbocycles. The fourth-order valence-corrected chi connectivity index (χ4v) is 1.69. The zero-order valence-corrected chi connectivity index (χ0v) is 10.0. The minimum Gasteiger partial charge on any atom is -0.448 e. The zero-order chi connectivity index (χ0) is 13.9. The van der Waals surface area contributed by atoms with Gasteiger partial charge < -0.3 is 4.74 Å². The lowest BCUT2D eigenvalue weighted by atomic mass is 10.1. The molecule has 1 saturated heterocycles. The zero-order valence-electron chi connectivity index (χ0n) is 10.0. The summed E-state index contributed by atoms with van der Waals surface area (Å²) in [5.41, 5.74) is 2.80. The minimum absolute atomic E-state index is 0.271. The number of hydrogen-bond donors (Lipinski definition) is 1. The van der Waals surface area contributed by atoms with Crippen LogP contribution in [-0.4, -0.2) is 24.3 Å². The molecule has 1 aliphatic heterocycles. The van der Waals surface area contributed by atoms with E-state index in [2.05, 4.69) is 5.43 Å². The van der Waals surface area contributed by atoms with Gasteiger partial charge >= 0.3 is 12.3 Å². The highest BCUT2D eigenvalue weighted by Crippen LogP contribution is 2.29. The number of ether oxygens (including phenoxy) is 1. The fraction of sp³-hybridized carbons (Fsp3) is 0.417. The maximum absolute atomic E-state index is 12.4. The highest BCUT2D eigenvalue weighted by Gasteiger charge is 2.29. The number of benzene rings is 1. The average Bonchev–Trinajstić information content (AvgIpc) is 2.37. The van der Waals surface area contributed by atoms with E-state index in [0.717, 1.165) is 18.6 Å². The quantitative estimate of drug-likeness (QED) is 0.921. The lowest BCUT2D eigenvalue weighted by Crippen LogP contribution is -2.46. The van der Waals surface area contributed by atoms with Gasteiger partial charge in [-0.05, 0) is 17.7 Å². The first kappa shape index (κ1) is 13.7. The van der Waals surface area contributed by atoms with Crippen LogP contribution in [0.15, 0.2) is 24.3 Å². The summed E-state index contributed by atoms with van der Waals surface area (Å²) < 4.78 is 41.9. The monoisotopic (exact) mass is 274 g/mol. The van der Waals surface area contributed by atoms with E-state index in [4.69, 9.17) is 4.74 Å². The van der Waals surface area contributed by atoms with Crippen molar-refractivity contribution >= 4 is 6.09 Å². The van der Waals surface area contributed by atoms with Crippen LogP contribution in [0.25, 0.3) is 0 Å². The molecule has 1 N–H and O–H groups in total. The Morgan fingerprint density at radius 1 is 1.26 bits per heavy atom. The topological polar surface area (TPSA) is 41.6 Å². The first-order chi connectivity index (χ1) is 8.97. The number of hydrazine groups is 1. The van der Waals surface area contributed by atoms with Crippen LogP contribution in [0, 0.1) is 0 Å². The van der Waals surface area contributed by atoms with Crippen LogP contribution in [0.2, 0.25) is 0 Å².